The summed E-state index contributed by atoms with van der Waals surface area (Å²) < 4.78 is 179. The molecule has 2 rings (SSSR count). The Bertz CT molecular complexity index is 1560. The summed E-state index contributed by atoms with van der Waals surface area (Å²) in [6.45, 7) is -21.6. The van der Waals surface area contributed by atoms with Crippen LogP contribution in [0.4, 0.5) is 5.95 Å². The van der Waals surface area contributed by atoms with Crippen LogP contribution >= 0.6 is 0 Å². The Hall–Kier alpha value is -2.50. The molecule has 0 bridgehead atoms. The zero-order chi connectivity index (χ0) is 37.3. The number of carbonyl (C=O) groups is 1. The zero-order valence-corrected chi connectivity index (χ0v) is 11.7. The Balaban J connectivity index is 2.86. The summed E-state index contributed by atoms with van der Waals surface area (Å²) in [6.07, 6.45) is -6.02. The number of nitrogens with one attached hydrogen (secondary N) is 1. The fourth-order valence-corrected chi connectivity index (χ4v) is 1.27. The number of hydrogen-bond acceptors (Lipinski definition) is 9. The Kier molecular flexibility index (Phi) is 1.62. The molecule has 1 unspecified atom stereocenters. The van der Waals surface area contributed by atoms with E-state index in [1.165, 1.54) is 0 Å². The zero-order valence-electron chi connectivity index (χ0n) is 33.7. The summed E-state index contributed by atoms with van der Waals surface area (Å²) in [7, 11) is 0. The second-order valence-corrected chi connectivity index (χ2v) is 3.89. The molecular formula is C14H22N6O5. The second-order valence-electron chi connectivity index (χ2n) is 3.89. The van der Waals surface area contributed by atoms with E-state index in [-0.39, 0.29) is 9.54 Å². The molecule has 0 radical (unpaired) electrons. The van der Waals surface area contributed by atoms with Crippen LogP contribution in [0.25, 0.3) is 11.2 Å². The molecule has 0 saturated carbocycles. The average Bonchev–Trinajstić information content (AvgIpc) is 3.24. The smallest absolute Gasteiger partial charge is 0.323 e. The third-order valence-corrected chi connectivity index (χ3v) is 2.29. The van der Waals surface area contributed by atoms with Crippen molar-refractivity contribution in [3.05, 3.63) is 16.7 Å². The van der Waals surface area contributed by atoms with Crippen molar-refractivity contribution in [3.63, 3.8) is 0 Å². The van der Waals surface area contributed by atoms with Crippen LogP contribution < -0.4 is 17.0 Å². The van der Waals surface area contributed by atoms with Crippen molar-refractivity contribution in [2.75, 3.05) is 18.8 Å². The van der Waals surface area contributed by atoms with Crippen LogP contribution in [0.5, 0.6) is 0 Å². The minimum absolute atomic E-state index is 0.172. The number of imidazole rings is 1. The van der Waals surface area contributed by atoms with Gasteiger partial charge in [0.1, 0.15) is 29.5 Å². The first kappa shape index (κ1) is 5.02. The van der Waals surface area contributed by atoms with E-state index in [0.717, 1.165) is 0 Å². The highest BCUT2D eigenvalue weighted by molar-refractivity contribution is 5.75. The molecule has 0 fully saturated rings. The van der Waals surface area contributed by atoms with Crippen LogP contribution in [0.1, 0.15) is 35.6 Å². The van der Waals surface area contributed by atoms with Gasteiger partial charge in [-0.25, -0.2) is 4.98 Å². The fourth-order valence-electron chi connectivity index (χ4n) is 1.27. The number of esters is 1. The van der Waals surface area contributed by atoms with Crippen LogP contribution in [0, 0.1) is 5.89 Å². The van der Waals surface area contributed by atoms with Gasteiger partial charge < -0.3 is 26.0 Å². The molecule has 2 atom stereocenters. The van der Waals surface area contributed by atoms with Crippen molar-refractivity contribution in [1.82, 2.24) is 19.5 Å². The number of nitrogens with two attached hydrogens (primary N) is 2. The summed E-state index contributed by atoms with van der Waals surface area (Å²) in [5.41, 5.74) is -5.32. The maximum absolute atomic E-state index is 13.2. The molecule has 6 N–H and O–H groups in total. The molecule has 0 amide bonds. The van der Waals surface area contributed by atoms with Gasteiger partial charge in [0.2, 0.25) is 7.38 Å². The van der Waals surface area contributed by atoms with Crippen molar-refractivity contribution < 1.29 is 48.4 Å². The first-order chi connectivity index (χ1) is 20.7. The number of nitrogen functional groups attached to an aromatic ring is 1. The first-order valence-corrected chi connectivity index (χ1v) is 5.89. The quantitative estimate of drug-likeness (QED) is 0.343. The van der Waals surface area contributed by atoms with Gasteiger partial charge in [-0.05, 0) is 5.89 Å². The molecule has 2 aromatic heterocycles. The van der Waals surface area contributed by atoms with E-state index >= 15 is 0 Å². The summed E-state index contributed by atoms with van der Waals surface area (Å²) in [5, 5.41) is 3.65. The van der Waals surface area contributed by atoms with Gasteiger partial charge in [0.15, 0.2) is 15.4 Å². The molecule has 0 spiro atoms. The number of fused-ring (bicyclic) bond motifs is 1. The average molecular weight is 377 g/mol. The third kappa shape index (κ3) is 4.53. The molecule has 11 heteroatoms. The summed E-state index contributed by atoms with van der Waals surface area (Å²) in [6, 6.07) is -4.59. The Labute approximate surface area is 174 Å². The Morgan fingerprint density at radius 2 is 2.68 bits per heavy atom. The lowest BCUT2D eigenvalue weighted by Gasteiger charge is -2.19. The topological polar surface area (TPSA) is 171 Å². The number of H-pyrrole nitrogens is 1. The van der Waals surface area contributed by atoms with E-state index in [1.807, 2.05) is 0 Å². The number of rotatable bonds is 11. The Morgan fingerprint density at radius 3 is 3.40 bits per heavy atom. The minimum Gasteiger partial charge on any atom is -0.462 e. The molecule has 0 aliphatic carbocycles. The highest BCUT2D eigenvalue weighted by Gasteiger charge is 2.21. The standard InChI is InChI=1S/C14H22N6O5/c1-7(2)9(15)13(23)24-4-8(3-21)25-6-20-5-17-10-11(20)18-14(16)19-12(10)22/h5,7-9,21H,3-4,6,15H2,1-2H3,(H3,16,18,19,22)/t8?,9-/m0/s1/i1D3,2D3,3D2,4D2,5D,6D2,7D,8D,9D,21D/hD5. The van der Waals surface area contributed by atoms with Gasteiger partial charge in [0.05, 0.1) is 23.8 Å². The number of nitrogens with zero attached hydrogens (tertiary/aromatic N) is 3. The first-order valence-electron chi connectivity index (χ1n) is 16.5. The highest BCUT2D eigenvalue weighted by Crippen LogP contribution is 2.08. The number of aliphatic hydroxyl groups is 1. The van der Waals surface area contributed by atoms with E-state index in [1.54, 1.807) is 0 Å². The number of carbonyl (C=O) groups excluding carboxylic acids is 1. The van der Waals surface area contributed by atoms with Crippen molar-refractivity contribution >= 4 is 23.1 Å². The van der Waals surface area contributed by atoms with Gasteiger partial charge in [-0.1, -0.05) is 13.7 Å². The maximum Gasteiger partial charge on any atom is 0.323 e. The lowest BCUT2D eigenvalue weighted by atomic mass is 10.1. The lowest BCUT2D eigenvalue weighted by molar-refractivity contribution is -0.153. The summed E-state index contributed by atoms with van der Waals surface area (Å²) in [4.78, 5) is 32.3. The fraction of sp³-hybridized carbons (Fsp3) is 0.571. The molecule has 2 aromatic rings. The van der Waals surface area contributed by atoms with Crippen LogP contribution in [-0.4, -0.2) is 57.2 Å². The molecule has 0 saturated heterocycles. The number of aromatic nitrogens is 4. The highest BCUT2D eigenvalue weighted by atomic mass is 16.6. The van der Waals surface area contributed by atoms with Crippen molar-refractivity contribution in [1.29, 1.82) is 1.43 Å². The number of hydrogen-bond donors (Lipinski definition) is 4. The third-order valence-electron chi connectivity index (χ3n) is 2.29. The number of aromatic amines is 1. The monoisotopic (exact) mass is 376 g/mol. The van der Waals surface area contributed by atoms with Crippen LogP contribution in [-0.2, 0) is 21.0 Å². The summed E-state index contributed by atoms with van der Waals surface area (Å²) >= 11 is 0. The SMILES string of the molecule is [2H]OC([2H])([2H])C([2H])(OC([2H])([2H])n1c([2H])nc2c(=O)n([2H])c(N([2H])[2H])nc21)C([2H])([2H])OC(=O)[C@@]([2H])(N([2H])[2H])C([2H])(C([2H])([2H])[2H])C([2H])([2H])[2H]. The maximum atomic E-state index is 13.2. The van der Waals surface area contributed by atoms with E-state index in [2.05, 4.69) is 24.6 Å². The molecule has 2 heterocycles. The van der Waals surface area contributed by atoms with Crippen LogP contribution in [0.15, 0.2) is 11.1 Å². The van der Waals surface area contributed by atoms with Gasteiger partial charge in [0, 0.05) is 9.60 Å². The van der Waals surface area contributed by atoms with Crippen LogP contribution in [0.2, 0.25) is 7.06 Å². The number of ether oxygens (including phenoxy) is 2. The molecular weight excluding hydrogens is 332 g/mol. The van der Waals surface area contributed by atoms with Crippen LogP contribution in [0.3, 0.4) is 0 Å². The van der Waals surface area contributed by atoms with Gasteiger partial charge >= 0.3 is 5.97 Å². The summed E-state index contributed by atoms with van der Waals surface area (Å²) in [5.74, 6) is -8.59. The molecule has 0 aromatic carbocycles. The van der Waals surface area contributed by atoms with E-state index < -0.39 is 97.9 Å². The van der Waals surface area contributed by atoms with E-state index in [9.17, 15) is 9.59 Å². The van der Waals surface area contributed by atoms with Gasteiger partial charge in [-0.3, -0.25) is 19.1 Å². The molecule has 0 aliphatic rings. The lowest BCUT2D eigenvalue weighted by Crippen LogP contribution is -2.39. The van der Waals surface area contributed by atoms with Gasteiger partial charge in [0.25, 0.3) is 5.56 Å². The van der Waals surface area contributed by atoms with Crippen molar-refractivity contribution in [3.8, 4) is 0 Å². The van der Waals surface area contributed by atoms with Gasteiger partial charge in [-0.15, -0.1) is 0 Å². The van der Waals surface area contributed by atoms with Crippen molar-refractivity contribution in [2.45, 2.75) is 32.5 Å². The molecule has 11 nitrogen and oxygen atoms in total. The normalized spacial score (nSPS) is 32.4. The predicted molar refractivity (Wildman–Crippen MR) is 88.3 cm³/mol. The molecule has 0 aliphatic heterocycles. The van der Waals surface area contributed by atoms with Gasteiger partial charge in [-0.2, -0.15) is 4.98 Å². The van der Waals surface area contributed by atoms with E-state index in [4.69, 9.17) is 30.4 Å². The molecule has 138 valence electrons. The predicted octanol–water partition coefficient (Wildman–Crippen LogP) is -1.44. The second kappa shape index (κ2) is 8.05. The Morgan fingerprint density at radius 1 is 1.80 bits per heavy atom. The van der Waals surface area contributed by atoms with E-state index in [0.29, 0.717) is 0 Å². The molecule has 25 heavy (non-hydrogen) atoms. The van der Waals surface area contributed by atoms with Crippen molar-refractivity contribution in [2.24, 2.45) is 11.6 Å². The largest absolute Gasteiger partial charge is 0.462 e. The number of anilines is 1. The minimum atomic E-state index is -4.70.